The average Bonchev–Trinajstić information content (AvgIpc) is 2.20. The number of halogens is 1. The molecule has 0 aromatic carbocycles. The minimum atomic E-state index is 0. The van der Waals surface area contributed by atoms with Gasteiger partial charge < -0.3 is 21.5 Å². The SMILES string of the molecule is CCC1CCCC[N+]12CCCCC2.[Br-]. The summed E-state index contributed by atoms with van der Waals surface area (Å²) in [4.78, 5) is 0. The predicted octanol–water partition coefficient (Wildman–Crippen LogP) is -0.0464. The number of quaternary nitrogens is 1. The summed E-state index contributed by atoms with van der Waals surface area (Å²) in [5.74, 6) is 0. The van der Waals surface area contributed by atoms with Gasteiger partial charge in [0.05, 0.1) is 25.7 Å². The molecule has 0 bridgehead atoms. The van der Waals surface area contributed by atoms with E-state index < -0.39 is 0 Å². The predicted molar refractivity (Wildman–Crippen MR) is 56.6 cm³/mol. The third kappa shape index (κ3) is 2.33. The Hall–Kier alpha value is 0.440. The topological polar surface area (TPSA) is 0 Å². The molecule has 84 valence electrons. The summed E-state index contributed by atoms with van der Waals surface area (Å²) in [6.07, 6.45) is 10.4. The second-order valence-electron chi connectivity index (χ2n) is 5.01. The zero-order valence-corrected chi connectivity index (χ0v) is 11.1. The molecule has 0 N–H and O–H groups in total. The molecule has 0 aromatic heterocycles. The average molecular weight is 262 g/mol. The van der Waals surface area contributed by atoms with Crippen LogP contribution >= 0.6 is 0 Å². The monoisotopic (exact) mass is 261 g/mol. The van der Waals surface area contributed by atoms with Gasteiger partial charge in [0.15, 0.2) is 0 Å². The van der Waals surface area contributed by atoms with Crippen LogP contribution in [0.2, 0.25) is 0 Å². The van der Waals surface area contributed by atoms with Crippen LogP contribution in [0.5, 0.6) is 0 Å². The van der Waals surface area contributed by atoms with E-state index in [-0.39, 0.29) is 17.0 Å². The summed E-state index contributed by atoms with van der Waals surface area (Å²) in [7, 11) is 0. The minimum Gasteiger partial charge on any atom is -1.00 e. The summed E-state index contributed by atoms with van der Waals surface area (Å²) in [5, 5.41) is 0. The third-order valence-electron chi connectivity index (χ3n) is 4.34. The molecule has 1 atom stereocenters. The second-order valence-corrected chi connectivity index (χ2v) is 5.01. The molecule has 2 heterocycles. The molecule has 2 heteroatoms. The van der Waals surface area contributed by atoms with E-state index in [1.807, 2.05) is 0 Å². The first-order chi connectivity index (χ1) is 6.37. The number of hydrogen-bond donors (Lipinski definition) is 0. The van der Waals surface area contributed by atoms with Gasteiger partial charge in [0.1, 0.15) is 0 Å². The van der Waals surface area contributed by atoms with Crippen LogP contribution in [0.1, 0.15) is 51.9 Å². The number of piperidine rings is 2. The Morgan fingerprint density at radius 2 is 1.50 bits per heavy atom. The summed E-state index contributed by atoms with van der Waals surface area (Å²) in [5.41, 5.74) is 0. The lowest BCUT2D eigenvalue weighted by atomic mass is 9.92. The number of nitrogens with zero attached hydrogens (tertiary/aromatic N) is 1. The maximum Gasteiger partial charge on any atom is 0.0887 e. The van der Waals surface area contributed by atoms with Gasteiger partial charge in [-0.05, 0) is 44.9 Å². The minimum absolute atomic E-state index is 0. The van der Waals surface area contributed by atoms with E-state index in [0.717, 1.165) is 6.04 Å². The number of hydrogen-bond acceptors (Lipinski definition) is 0. The van der Waals surface area contributed by atoms with Gasteiger partial charge in [-0.15, -0.1) is 0 Å². The lowest BCUT2D eigenvalue weighted by Crippen LogP contribution is -3.00. The van der Waals surface area contributed by atoms with Crippen LogP contribution in [0.25, 0.3) is 0 Å². The van der Waals surface area contributed by atoms with Gasteiger partial charge in [-0.2, -0.15) is 0 Å². The van der Waals surface area contributed by atoms with Gasteiger partial charge in [-0.1, -0.05) is 6.92 Å². The van der Waals surface area contributed by atoms with Gasteiger partial charge in [-0.3, -0.25) is 0 Å². The smallest absolute Gasteiger partial charge is 0.0887 e. The lowest BCUT2D eigenvalue weighted by Gasteiger charge is -2.50. The fourth-order valence-corrected chi connectivity index (χ4v) is 3.59. The Kier molecular flexibility index (Phi) is 4.92. The van der Waals surface area contributed by atoms with Crippen molar-refractivity contribution in [2.75, 3.05) is 19.6 Å². The van der Waals surface area contributed by atoms with Crippen molar-refractivity contribution in [1.82, 2.24) is 0 Å². The molecule has 2 fully saturated rings. The van der Waals surface area contributed by atoms with Crippen molar-refractivity contribution in [3.05, 3.63) is 0 Å². The molecule has 1 unspecified atom stereocenters. The molecule has 0 radical (unpaired) electrons. The molecule has 2 rings (SSSR count). The molecule has 0 aromatic rings. The van der Waals surface area contributed by atoms with E-state index in [0.29, 0.717) is 0 Å². The Labute approximate surface area is 99.2 Å². The van der Waals surface area contributed by atoms with E-state index >= 15 is 0 Å². The Balaban J connectivity index is 0.000000980. The fraction of sp³-hybridized carbons (Fsp3) is 1.00. The fourth-order valence-electron chi connectivity index (χ4n) is 3.59. The van der Waals surface area contributed by atoms with E-state index in [9.17, 15) is 0 Å². The highest BCUT2D eigenvalue weighted by atomic mass is 79.9. The number of rotatable bonds is 1. The largest absolute Gasteiger partial charge is 1.00 e. The van der Waals surface area contributed by atoms with Crippen molar-refractivity contribution in [1.29, 1.82) is 0 Å². The van der Waals surface area contributed by atoms with E-state index in [1.165, 1.54) is 69.1 Å². The summed E-state index contributed by atoms with van der Waals surface area (Å²) >= 11 is 0. The molecule has 14 heavy (non-hydrogen) atoms. The zero-order valence-electron chi connectivity index (χ0n) is 9.47. The molecule has 1 nitrogen and oxygen atoms in total. The molecular formula is C12H24BrN. The van der Waals surface area contributed by atoms with Crippen molar-refractivity contribution >= 4 is 0 Å². The molecule has 0 amide bonds. The van der Waals surface area contributed by atoms with E-state index in [1.54, 1.807) is 0 Å². The van der Waals surface area contributed by atoms with Gasteiger partial charge >= 0.3 is 0 Å². The van der Waals surface area contributed by atoms with Crippen molar-refractivity contribution in [2.45, 2.75) is 57.9 Å². The van der Waals surface area contributed by atoms with Crippen molar-refractivity contribution in [3.8, 4) is 0 Å². The van der Waals surface area contributed by atoms with Crippen LogP contribution in [0.4, 0.5) is 0 Å². The highest BCUT2D eigenvalue weighted by Gasteiger charge is 2.38. The molecule has 0 saturated carbocycles. The van der Waals surface area contributed by atoms with Crippen molar-refractivity contribution in [2.24, 2.45) is 0 Å². The molecule has 2 aliphatic heterocycles. The van der Waals surface area contributed by atoms with Gasteiger partial charge in [0.2, 0.25) is 0 Å². The summed E-state index contributed by atoms with van der Waals surface area (Å²) < 4.78 is 1.51. The zero-order chi connectivity index (χ0) is 9.15. The lowest BCUT2D eigenvalue weighted by molar-refractivity contribution is -0.960. The molecular weight excluding hydrogens is 238 g/mol. The van der Waals surface area contributed by atoms with Crippen LogP contribution in [0.15, 0.2) is 0 Å². The Bertz CT molecular complexity index is 155. The standard InChI is InChI=1S/C12H24N.BrH/c1-2-12-8-4-7-11-13(12)9-5-3-6-10-13;/h12H,2-11H2,1H3;1H/q+1;/p-1. The first-order valence-corrected chi connectivity index (χ1v) is 6.23. The molecule has 2 aliphatic rings. The van der Waals surface area contributed by atoms with Crippen LogP contribution in [-0.2, 0) is 0 Å². The first-order valence-electron chi connectivity index (χ1n) is 6.23. The highest BCUT2D eigenvalue weighted by Crippen LogP contribution is 2.31. The maximum absolute atomic E-state index is 2.39. The highest BCUT2D eigenvalue weighted by molar-refractivity contribution is 4.68. The Morgan fingerprint density at radius 1 is 0.929 bits per heavy atom. The molecule has 1 spiro atoms. The van der Waals surface area contributed by atoms with E-state index in [2.05, 4.69) is 6.92 Å². The maximum atomic E-state index is 2.39. The third-order valence-corrected chi connectivity index (χ3v) is 4.34. The second kappa shape index (κ2) is 5.50. The van der Waals surface area contributed by atoms with Crippen LogP contribution in [0, 0.1) is 0 Å². The van der Waals surface area contributed by atoms with Crippen molar-refractivity contribution in [3.63, 3.8) is 0 Å². The summed E-state index contributed by atoms with van der Waals surface area (Å²) in [6, 6.07) is 1.02. The normalized spacial score (nSPS) is 31.1. The van der Waals surface area contributed by atoms with Crippen LogP contribution in [0.3, 0.4) is 0 Å². The van der Waals surface area contributed by atoms with Crippen molar-refractivity contribution < 1.29 is 21.5 Å². The van der Waals surface area contributed by atoms with E-state index in [4.69, 9.17) is 0 Å². The van der Waals surface area contributed by atoms with Gasteiger partial charge in [0.25, 0.3) is 0 Å². The Morgan fingerprint density at radius 3 is 2.07 bits per heavy atom. The quantitative estimate of drug-likeness (QED) is 0.581. The van der Waals surface area contributed by atoms with Crippen LogP contribution < -0.4 is 17.0 Å². The van der Waals surface area contributed by atoms with Gasteiger partial charge in [-0.25, -0.2) is 0 Å². The van der Waals surface area contributed by atoms with Crippen LogP contribution in [-0.4, -0.2) is 30.2 Å². The molecule has 0 aliphatic carbocycles. The van der Waals surface area contributed by atoms with Gasteiger partial charge in [0, 0.05) is 0 Å². The first kappa shape index (κ1) is 12.5. The summed E-state index contributed by atoms with van der Waals surface area (Å²) in [6.45, 7) is 6.89. The molecule has 2 saturated heterocycles.